The van der Waals surface area contributed by atoms with E-state index in [9.17, 15) is 0 Å². The van der Waals surface area contributed by atoms with Crippen LogP contribution in [-0.2, 0) is 18.3 Å². The Balaban J connectivity index is 2.36. The Hall–Kier alpha value is -1.07. The van der Waals surface area contributed by atoms with E-state index in [0.29, 0.717) is 6.04 Å². The van der Waals surface area contributed by atoms with Crippen molar-refractivity contribution in [3.63, 3.8) is 0 Å². The number of nitrogens with zero attached hydrogens (tertiary/aromatic N) is 3. The molecule has 5 heteroatoms. The lowest BCUT2D eigenvalue weighted by molar-refractivity contribution is 0.0337. The second-order valence-electron chi connectivity index (χ2n) is 5.19. The van der Waals surface area contributed by atoms with Crippen molar-refractivity contribution in [1.82, 2.24) is 15.1 Å². The first-order valence-electron chi connectivity index (χ1n) is 6.60. The monoisotopic (exact) mass is 252 g/mol. The maximum absolute atomic E-state index is 5.70. The van der Waals surface area contributed by atoms with Crippen LogP contribution in [0.3, 0.4) is 0 Å². The van der Waals surface area contributed by atoms with E-state index in [0.717, 1.165) is 25.4 Å². The van der Waals surface area contributed by atoms with Crippen LogP contribution in [0.4, 0.5) is 5.82 Å². The first kappa shape index (κ1) is 13.4. The van der Waals surface area contributed by atoms with E-state index < -0.39 is 0 Å². The number of anilines is 1. The minimum atomic E-state index is 0.277. The molecule has 1 N–H and O–H groups in total. The van der Waals surface area contributed by atoms with Crippen molar-refractivity contribution in [3.05, 3.63) is 11.3 Å². The quantitative estimate of drug-likeness (QED) is 0.873. The van der Waals surface area contributed by atoms with Crippen LogP contribution >= 0.6 is 0 Å². The second kappa shape index (κ2) is 5.28. The van der Waals surface area contributed by atoms with Crippen molar-refractivity contribution in [3.8, 4) is 0 Å². The number of hydrogen-bond acceptors (Lipinski definition) is 4. The normalized spacial score (nSPS) is 24.6. The van der Waals surface area contributed by atoms with Crippen molar-refractivity contribution in [2.24, 2.45) is 7.05 Å². The van der Waals surface area contributed by atoms with Gasteiger partial charge in [-0.15, -0.1) is 0 Å². The van der Waals surface area contributed by atoms with Gasteiger partial charge in [0.1, 0.15) is 5.82 Å². The lowest BCUT2D eigenvalue weighted by atomic mass is 10.1. The maximum atomic E-state index is 5.70. The number of nitrogens with one attached hydrogen (secondary N) is 1. The number of aryl methyl sites for hydroxylation is 2. The van der Waals surface area contributed by atoms with E-state index in [2.05, 4.69) is 36.1 Å². The summed E-state index contributed by atoms with van der Waals surface area (Å²) in [7, 11) is 4.00. The van der Waals surface area contributed by atoms with Crippen LogP contribution in [0.2, 0.25) is 0 Å². The molecular formula is C13H24N4O. The van der Waals surface area contributed by atoms with Gasteiger partial charge < -0.3 is 15.0 Å². The molecule has 1 aromatic rings. The van der Waals surface area contributed by atoms with Gasteiger partial charge in [-0.3, -0.25) is 4.68 Å². The molecule has 102 valence electrons. The largest absolute Gasteiger partial charge is 0.375 e. The molecule has 18 heavy (non-hydrogen) atoms. The van der Waals surface area contributed by atoms with Crippen LogP contribution in [0.5, 0.6) is 0 Å². The van der Waals surface area contributed by atoms with Gasteiger partial charge in [0, 0.05) is 25.7 Å². The van der Waals surface area contributed by atoms with Crippen molar-refractivity contribution in [2.45, 2.75) is 39.5 Å². The summed E-state index contributed by atoms with van der Waals surface area (Å²) >= 11 is 0. The van der Waals surface area contributed by atoms with Crippen molar-refractivity contribution in [2.75, 3.05) is 25.1 Å². The first-order chi connectivity index (χ1) is 8.54. The maximum Gasteiger partial charge on any atom is 0.131 e. The number of rotatable bonds is 3. The Kier molecular flexibility index (Phi) is 3.92. The van der Waals surface area contributed by atoms with Crippen molar-refractivity contribution in [1.29, 1.82) is 0 Å². The molecule has 0 spiro atoms. The van der Waals surface area contributed by atoms with Gasteiger partial charge in [-0.2, -0.15) is 5.10 Å². The molecule has 2 atom stereocenters. The summed E-state index contributed by atoms with van der Waals surface area (Å²) in [6, 6.07) is 0.395. The third-order valence-electron chi connectivity index (χ3n) is 3.55. The topological polar surface area (TPSA) is 42.3 Å². The predicted molar refractivity (Wildman–Crippen MR) is 72.9 cm³/mol. The Morgan fingerprint density at radius 3 is 2.83 bits per heavy atom. The summed E-state index contributed by atoms with van der Waals surface area (Å²) in [5, 5.41) is 7.79. The zero-order valence-corrected chi connectivity index (χ0v) is 12.0. The summed E-state index contributed by atoms with van der Waals surface area (Å²) < 4.78 is 7.70. The molecule has 0 aromatic carbocycles. The molecule has 2 unspecified atom stereocenters. The summed E-state index contributed by atoms with van der Waals surface area (Å²) in [4.78, 5) is 2.42. The van der Waals surface area contributed by atoms with E-state index in [1.54, 1.807) is 0 Å². The fourth-order valence-electron chi connectivity index (χ4n) is 2.63. The molecule has 0 amide bonds. The molecule has 0 radical (unpaired) electrons. The molecule has 1 aliphatic heterocycles. The predicted octanol–water partition coefficient (Wildman–Crippen LogP) is 1.06. The fourth-order valence-corrected chi connectivity index (χ4v) is 2.63. The molecular weight excluding hydrogens is 228 g/mol. The minimum Gasteiger partial charge on any atom is -0.375 e. The molecule has 1 aromatic heterocycles. The van der Waals surface area contributed by atoms with Crippen LogP contribution in [0, 0.1) is 6.92 Å². The van der Waals surface area contributed by atoms with Crippen molar-refractivity contribution < 1.29 is 4.74 Å². The highest BCUT2D eigenvalue weighted by Gasteiger charge is 2.28. The zero-order chi connectivity index (χ0) is 13.3. The van der Waals surface area contributed by atoms with Crippen LogP contribution in [0.25, 0.3) is 0 Å². The van der Waals surface area contributed by atoms with Gasteiger partial charge in [0.2, 0.25) is 0 Å². The lowest BCUT2D eigenvalue weighted by Gasteiger charge is -2.38. The SMILES string of the molecule is CNCc1c(C)nn(C)c1N1CC(C)OCC1C. The molecule has 0 bridgehead atoms. The standard InChI is InChI=1S/C13H24N4O/c1-9-8-18-10(2)7-17(9)13-12(6-14-4)11(3)15-16(13)5/h9-10,14H,6-8H2,1-5H3. The summed E-state index contributed by atoms with van der Waals surface area (Å²) in [5.74, 6) is 1.23. The lowest BCUT2D eigenvalue weighted by Crippen LogP contribution is -2.48. The second-order valence-corrected chi connectivity index (χ2v) is 5.19. The Morgan fingerprint density at radius 1 is 1.44 bits per heavy atom. The van der Waals surface area contributed by atoms with E-state index in [1.165, 1.54) is 11.4 Å². The molecule has 5 nitrogen and oxygen atoms in total. The molecule has 0 aliphatic carbocycles. The molecule has 2 rings (SSSR count). The van der Waals surface area contributed by atoms with E-state index in [4.69, 9.17) is 4.74 Å². The third-order valence-corrected chi connectivity index (χ3v) is 3.55. The Bertz CT molecular complexity index is 415. The van der Waals surface area contributed by atoms with Crippen LogP contribution in [-0.4, -0.2) is 42.1 Å². The Labute approximate surface area is 109 Å². The van der Waals surface area contributed by atoms with Gasteiger partial charge in [0.15, 0.2) is 0 Å². The van der Waals surface area contributed by atoms with Crippen LogP contribution < -0.4 is 10.2 Å². The molecule has 0 saturated carbocycles. The highest BCUT2D eigenvalue weighted by atomic mass is 16.5. The Morgan fingerprint density at radius 2 is 2.17 bits per heavy atom. The number of hydrogen-bond donors (Lipinski definition) is 1. The minimum absolute atomic E-state index is 0.277. The van der Waals surface area contributed by atoms with Gasteiger partial charge >= 0.3 is 0 Å². The van der Waals surface area contributed by atoms with Gasteiger partial charge in [0.05, 0.1) is 24.4 Å². The number of morpholine rings is 1. The van der Waals surface area contributed by atoms with Gasteiger partial charge in [-0.1, -0.05) is 0 Å². The van der Waals surface area contributed by atoms with Crippen LogP contribution in [0.15, 0.2) is 0 Å². The summed E-state index contributed by atoms with van der Waals surface area (Å²) in [6.07, 6.45) is 0.277. The van der Waals surface area contributed by atoms with Crippen molar-refractivity contribution >= 4 is 5.82 Å². The number of aromatic nitrogens is 2. The third kappa shape index (κ3) is 2.37. The molecule has 1 aliphatic rings. The van der Waals surface area contributed by atoms with E-state index in [-0.39, 0.29) is 6.10 Å². The average Bonchev–Trinajstić information content (AvgIpc) is 2.58. The van der Waals surface area contributed by atoms with Gasteiger partial charge in [-0.25, -0.2) is 0 Å². The average molecular weight is 252 g/mol. The highest BCUT2D eigenvalue weighted by Crippen LogP contribution is 2.27. The van der Waals surface area contributed by atoms with E-state index >= 15 is 0 Å². The van der Waals surface area contributed by atoms with E-state index in [1.807, 2.05) is 18.8 Å². The zero-order valence-electron chi connectivity index (χ0n) is 12.0. The molecule has 2 heterocycles. The van der Waals surface area contributed by atoms with Gasteiger partial charge in [0.25, 0.3) is 0 Å². The molecule has 1 saturated heterocycles. The summed E-state index contributed by atoms with van der Waals surface area (Å²) in [5.41, 5.74) is 2.40. The highest BCUT2D eigenvalue weighted by molar-refractivity contribution is 5.51. The number of ether oxygens (including phenoxy) is 1. The molecule has 1 fully saturated rings. The smallest absolute Gasteiger partial charge is 0.131 e. The summed E-state index contributed by atoms with van der Waals surface area (Å²) in [6.45, 7) is 8.97. The fraction of sp³-hybridized carbons (Fsp3) is 0.769. The van der Waals surface area contributed by atoms with Gasteiger partial charge in [-0.05, 0) is 27.8 Å². The first-order valence-corrected chi connectivity index (χ1v) is 6.60. The van der Waals surface area contributed by atoms with Crippen LogP contribution in [0.1, 0.15) is 25.1 Å².